The van der Waals surface area contributed by atoms with E-state index in [1.807, 2.05) is 6.92 Å². The van der Waals surface area contributed by atoms with Crippen LogP contribution in [0.1, 0.15) is 12.0 Å². The minimum atomic E-state index is -4.01. The molecule has 0 fully saturated rings. The van der Waals surface area contributed by atoms with Crippen molar-refractivity contribution in [2.45, 2.75) is 18.2 Å². The Balaban J connectivity index is 0.00000289. The van der Waals surface area contributed by atoms with Gasteiger partial charge in [0.05, 0.1) is 13.0 Å². The molecule has 5 nitrogen and oxygen atoms in total. The van der Waals surface area contributed by atoms with E-state index in [2.05, 4.69) is 8.92 Å². The third-order valence-electron chi connectivity index (χ3n) is 2.02. The third kappa shape index (κ3) is 5.23. The predicted molar refractivity (Wildman–Crippen MR) is 68.1 cm³/mol. The molecule has 0 aliphatic carbocycles. The van der Waals surface area contributed by atoms with Crippen molar-refractivity contribution in [3.8, 4) is 0 Å². The first-order valence-corrected chi connectivity index (χ1v) is 6.39. The Hall–Kier alpha value is -0.803. The minimum absolute atomic E-state index is 0. The fourth-order valence-corrected chi connectivity index (χ4v) is 2.00. The number of rotatable bonds is 5. The fraction of sp³-hybridized carbons (Fsp3) is 0.364. The summed E-state index contributed by atoms with van der Waals surface area (Å²) >= 11 is 0. The van der Waals surface area contributed by atoms with Crippen molar-refractivity contribution in [1.29, 1.82) is 0 Å². The van der Waals surface area contributed by atoms with Gasteiger partial charge in [0, 0.05) is 7.11 Å². The molecule has 0 spiro atoms. The molecule has 0 saturated heterocycles. The van der Waals surface area contributed by atoms with Crippen LogP contribution < -0.4 is 0 Å². The number of benzene rings is 1. The molecule has 18 heavy (non-hydrogen) atoms. The van der Waals surface area contributed by atoms with Gasteiger partial charge in [0.25, 0.3) is 0 Å². The van der Waals surface area contributed by atoms with Crippen molar-refractivity contribution in [3.05, 3.63) is 29.8 Å². The number of hydrogen-bond acceptors (Lipinski definition) is 5. The molecule has 1 aromatic rings. The maximum absolute atomic E-state index is 11.6. The first kappa shape index (κ1) is 17.2. The summed E-state index contributed by atoms with van der Waals surface area (Å²) in [6.07, 6.45) is -0.0956. The molecule has 1 aromatic carbocycles. The van der Waals surface area contributed by atoms with Gasteiger partial charge < -0.3 is 8.92 Å². The number of carbonyl (C=O) groups excluding carboxylic acids is 1. The fourth-order valence-electron chi connectivity index (χ4n) is 1.10. The van der Waals surface area contributed by atoms with Crippen LogP contribution in [0.2, 0.25) is 0 Å². The SMILES string of the molecule is COCCC(=O)OS(=O)(=O)c1ccc(C)cc1.[LiH]. The van der Waals surface area contributed by atoms with Gasteiger partial charge >= 0.3 is 34.9 Å². The van der Waals surface area contributed by atoms with Crippen molar-refractivity contribution in [2.75, 3.05) is 13.7 Å². The van der Waals surface area contributed by atoms with E-state index < -0.39 is 16.1 Å². The van der Waals surface area contributed by atoms with Crippen LogP contribution >= 0.6 is 0 Å². The Morgan fingerprint density at radius 2 is 1.78 bits per heavy atom. The van der Waals surface area contributed by atoms with Crippen LogP contribution in [0.4, 0.5) is 0 Å². The van der Waals surface area contributed by atoms with Crippen LogP contribution in [0, 0.1) is 6.92 Å². The van der Waals surface area contributed by atoms with E-state index in [0.717, 1.165) is 5.56 Å². The summed E-state index contributed by atoms with van der Waals surface area (Å²) in [5.74, 6) is -0.826. The number of ether oxygens (including phenoxy) is 1. The van der Waals surface area contributed by atoms with Crippen LogP contribution in [0.25, 0.3) is 0 Å². The molecule has 0 heterocycles. The van der Waals surface area contributed by atoms with E-state index in [1.54, 1.807) is 12.1 Å². The maximum atomic E-state index is 11.6. The van der Waals surface area contributed by atoms with Gasteiger partial charge in [0.2, 0.25) is 0 Å². The first-order chi connectivity index (χ1) is 7.95. The molecule has 0 aliphatic heterocycles. The van der Waals surface area contributed by atoms with Gasteiger partial charge in [0.1, 0.15) is 4.90 Å². The predicted octanol–water partition coefficient (Wildman–Crippen LogP) is 0.615. The monoisotopic (exact) mass is 266 g/mol. The average molecular weight is 266 g/mol. The second-order valence-corrected chi connectivity index (χ2v) is 5.01. The zero-order chi connectivity index (χ0) is 12.9. The van der Waals surface area contributed by atoms with E-state index in [9.17, 15) is 13.2 Å². The van der Waals surface area contributed by atoms with E-state index in [4.69, 9.17) is 0 Å². The Kier molecular flexibility index (Phi) is 7.25. The summed E-state index contributed by atoms with van der Waals surface area (Å²) in [6.45, 7) is 1.96. The first-order valence-electron chi connectivity index (χ1n) is 4.98. The van der Waals surface area contributed by atoms with E-state index in [-0.39, 0.29) is 36.8 Å². The molecule has 1 rings (SSSR count). The van der Waals surface area contributed by atoms with Gasteiger partial charge in [-0.2, -0.15) is 8.42 Å². The summed E-state index contributed by atoms with van der Waals surface area (Å²) in [6, 6.07) is 6.06. The Morgan fingerprint density at radius 3 is 2.28 bits per heavy atom. The summed E-state index contributed by atoms with van der Waals surface area (Å²) in [7, 11) is -2.59. The molecule has 0 aromatic heterocycles. The van der Waals surface area contributed by atoms with Crippen LogP contribution in [0.5, 0.6) is 0 Å². The Morgan fingerprint density at radius 1 is 1.22 bits per heavy atom. The molecule has 7 heteroatoms. The quantitative estimate of drug-likeness (QED) is 0.577. The molecule has 0 radical (unpaired) electrons. The molecule has 0 saturated carbocycles. The van der Waals surface area contributed by atoms with Crippen molar-refractivity contribution in [1.82, 2.24) is 0 Å². The van der Waals surface area contributed by atoms with Crippen LogP contribution in [-0.2, 0) is 23.8 Å². The molecule has 0 atom stereocenters. The summed E-state index contributed by atoms with van der Waals surface area (Å²) in [4.78, 5) is 11.1. The standard InChI is InChI=1S/C11H14O5S.Li.H/c1-9-3-5-10(6-4-9)17(13,14)16-11(12)7-8-15-2;;/h3-6H,7-8H2,1-2H3;;. The molecular weight excluding hydrogens is 251 g/mol. The van der Waals surface area contributed by atoms with Crippen LogP contribution in [-0.4, -0.2) is 47.0 Å². The van der Waals surface area contributed by atoms with Gasteiger partial charge in [-0.25, -0.2) is 0 Å². The number of carbonyl (C=O) groups is 1. The third-order valence-corrected chi connectivity index (χ3v) is 3.28. The zero-order valence-electron chi connectivity index (χ0n) is 9.67. The van der Waals surface area contributed by atoms with Gasteiger partial charge in [0.15, 0.2) is 0 Å². The van der Waals surface area contributed by atoms with Crippen molar-refractivity contribution >= 4 is 34.9 Å². The second-order valence-electron chi connectivity index (χ2n) is 3.47. The van der Waals surface area contributed by atoms with E-state index in [1.165, 1.54) is 19.2 Å². The summed E-state index contributed by atoms with van der Waals surface area (Å²) in [5, 5.41) is 0. The number of aryl methyl sites for hydroxylation is 1. The Labute approximate surface area is 119 Å². The number of hydrogen-bond donors (Lipinski definition) is 0. The molecule has 0 N–H and O–H groups in total. The van der Waals surface area contributed by atoms with Crippen molar-refractivity contribution < 1.29 is 22.1 Å². The normalized spacial score (nSPS) is 10.6. The molecule has 0 aliphatic rings. The molecule has 0 amide bonds. The average Bonchev–Trinajstić information content (AvgIpc) is 2.26. The van der Waals surface area contributed by atoms with Crippen LogP contribution in [0.3, 0.4) is 0 Å². The van der Waals surface area contributed by atoms with Crippen LogP contribution in [0.15, 0.2) is 29.2 Å². The van der Waals surface area contributed by atoms with Gasteiger partial charge in [-0.15, -0.1) is 0 Å². The summed E-state index contributed by atoms with van der Waals surface area (Å²) < 4.78 is 32.3. The zero-order valence-corrected chi connectivity index (χ0v) is 10.5. The topological polar surface area (TPSA) is 69.7 Å². The second kappa shape index (κ2) is 7.59. The van der Waals surface area contributed by atoms with Gasteiger partial charge in [-0.3, -0.25) is 4.79 Å². The van der Waals surface area contributed by atoms with Crippen molar-refractivity contribution in [2.24, 2.45) is 0 Å². The van der Waals surface area contributed by atoms with E-state index in [0.29, 0.717) is 0 Å². The molecule has 0 bridgehead atoms. The van der Waals surface area contributed by atoms with Gasteiger partial charge in [-0.1, -0.05) is 17.7 Å². The Bertz CT molecular complexity index is 481. The number of methoxy groups -OCH3 is 1. The molecule has 0 unspecified atom stereocenters. The molecule has 96 valence electrons. The van der Waals surface area contributed by atoms with Gasteiger partial charge in [-0.05, 0) is 19.1 Å². The summed E-state index contributed by atoms with van der Waals surface area (Å²) in [5.41, 5.74) is 0.926. The van der Waals surface area contributed by atoms with E-state index >= 15 is 0 Å². The van der Waals surface area contributed by atoms with Crippen molar-refractivity contribution in [3.63, 3.8) is 0 Å². The molecular formula is C11H15LiO5S.